The van der Waals surface area contributed by atoms with Gasteiger partial charge in [0.25, 0.3) is 0 Å². The number of hydrogen-bond donors (Lipinski definition) is 0. The Morgan fingerprint density at radius 2 is 1.30 bits per heavy atom. The van der Waals surface area contributed by atoms with E-state index in [2.05, 4.69) is 0 Å². The molecule has 0 spiro atoms. The highest BCUT2D eigenvalue weighted by Crippen LogP contribution is 2.32. The van der Waals surface area contributed by atoms with Crippen molar-refractivity contribution in [1.82, 2.24) is 0 Å². The SMILES string of the molecule is O=C(OCC1CO1)C1CCCCC1C(=O)OCC1CO1.[HH]. The summed E-state index contributed by atoms with van der Waals surface area (Å²) < 4.78 is 20.5. The number of ether oxygens (including phenoxy) is 4. The predicted octanol–water partition coefficient (Wildman–Crippen LogP) is 0.923. The molecule has 2 heterocycles. The highest BCUT2D eigenvalue weighted by atomic mass is 16.6. The Morgan fingerprint density at radius 1 is 0.900 bits per heavy atom. The topological polar surface area (TPSA) is 77.7 Å². The summed E-state index contributed by atoms with van der Waals surface area (Å²) in [5.74, 6) is -1.31. The molecule has 2 saturated heterocycles. The van der Waals surface area contributed by atoms with Crippen molar-refractivity contribution in [2.45, 2.75) is 37.9 Å². The largest absolute Gasteiger partial charge is 0.463 e. The third kappa shape index (κ3) is 3.70. The summed E-state index contributed by atoms with van der Waals surface area (Å²) in [5, 5.41) is 0. The fraction of sp³-hybridized carbons (Fsp3) is 0.857. The van der Waals surface area contributed by atoms with Crippen molar-refractivity contribution in [2.24, 2.45) is 11.8 Å². The molecule has 1 aliphatic carbocycles. The van der Waals surface area contributed by atoms with Crippen molar-refractivity contribution >= 4 is 11.9 Å². The molecule has 114 valence electrons. The van der Waals surface area contributed by atoms with Gasteiger partial charge in [0.1, 0.15) is 25.4 Å². The van der Waals surface area contributed by atoms with Gasteiger partial charge in [-0.05, 0) is 12.8 Å². The Morgan fingerprint density at radius 3 is 1.65 bits per heavy atom. The Balaban J connectivity index is 0.00000161. The summed E-state index contributed by atoms with van der Waals surface area (Å²) >= 11 is 0. The summed E-state index contributed by atoms with van der Waals surface area (Å²) in [6, 6.07) is 0. The fourth-order valence-corrected chi connectivity index (χ4v) is 2.59. The van der Waals surface area contributed by atoms with E-state index in [4.69, 9.17) is 18.9 Å². The number of hydrogen-bond acceptors (Lipinski definition) is 6. The average Bonchev–Trinajstić information content (AvgIpc) is 3.36. The zero-order valence-electron chi connectivity index (χ0n) is 11.4. The zero-order chi connectivity index (χ0) is 13.9. The molecule has 2 aliphatic heterocycles. The molecule has 0 amide bonds. The van der Waals surface area contributed by atoms with Crippen molar-refractivity contribution in [3.63, 3.8) is 0 Å². The molecule has 3 rings (SSSR count). The number of carbonyl (C=O) groups is 2. The van der Waals surface area contributed by atoms with Gasteiger partial charge >= 0.3 is 11.9 Å². The van der Waals surface area contributed by atoms with Crippen LogP contribution in [0, 0.1) is 11.8 Å². The third-order valence-electron chi connectivity index (χ3n) is 4.00. The second-order valence-electron chi connectivity index (χ2n) is 5.67. The van der Waals surface area contributed by atoms with E-state index in [1.165, 1.54) is 0 Å². The van der Waals surface area contributed by atoms with E-state index in [1.807, 2.05) is 0 Å². The smallest absolute Gasteiger partial charge is 0.309 e. The van der Waals surface area contributed by atoms with Crippen molar-refractivity contribution in [3.05, 3.63) is 0 Å². The van der Waals surface area contributed by atoms with Crippen LogP contribution in [0.15, 0.2) is 0 Å². The number of esters is 2. The standard InChI is InChI=1S/C14H20O6.H2/c15-13(19-7-9-5-17-9)11-3-1-2-4-12(11)14(16)20-8-10-6-18-10;/h9-12H,1-8H2;1H. The van der Waals surface area contributed by atoms with Gasteiger partial charge in [0.2, 0.25) is 0 Å². The van der Waals surface area contributed by atoms with Gasteiger partial charge in [-0.1, -0.05) is 12.8 Å². The van der Waals surface area contributed by atoms with Gasteiger partial charge in [-0.15, -0.1) is 0 Å². The maximum Gasteiger partial charge on any atom is 0.309 e. The molecule has 0 aromatic heterocycles. The van der Waals surface area contributed by atoms with E-state index in [0.717, 1.165) is 12.8 Å². The van der Waals surface area contributed by atoms with E-state index in [-0.39, 0.29) is 37.4 Å². The van der Waals surface area contributed by atoms with Crippen LogP contribution in [0.2, 0.25) is 0 Å². The van der Waals surface area contributed by atoms with Crippen LogP contribution >= 0.6 is 0 Å². The molecule has 4 atom stereocenters. The zero-order valence-corrected chi connectivity index (χ0v) is 11.4. The summed E-state index contributed by atoms with van der Waals surface area (Å²) in [5.41, 5.74) is 0. The van der Waals surface area contributed by atoms with Gasteiger partial charge in [0.15, 0.2) is 0 Å². The van der Waals surface area contributed by atoms with Crippen LogP contribution in [0.5, 0.6) is 0 Å². The molecular weight excluding hydrogens is 264 g/mol. The molecule has 3 aliphatic rings. The Labute approximate surface area is 119 Å². The molecule has 0 bridgehead atoms. The van der Waals surface area contributed by atoms with Gasteiger partial charge in [-0.25, -0.2) is 0 Å². The van der Waals surface area contributed by atoms with E-state index in [9.17, 15) is 9.59 Å². The first kappa shape index (κ1) is 13.8. The van der Waals surface area contributed by atoms with E-state index in [1.54, 1.807) is 0 Å². The van der Waals surface area contributed by atoms with Crippen LogP contribution in [-0.2, 0) is 28.5 Å². The first-order valence-corrected chi connectivity index (χ1v) is 7.30. The summed E-state index contributed by atoms with van der Waals surface area (Å²) in [6.07, 6.45) is 3.42. The minimum Gasteiger partial charge on any atom is -0.463 e. The second kappa shape index (κ2) is 6.10. The fourth-order valence-electron chi connectivity index (χ4n) is 2.59. The minimum absolute atomic E-state index is 0. The van der Waals surface area contributed by atoms with Gasteiger partial charge in [-0.2, -0.15) is 0 Å². The number of rotatable bonds is 6. The number of epoxide rings is 2. The minimum atomic E-state index is -0.366. The molecule has 20 heavy (non-hydrogen) atoms. The lowest BCUT2D eigenvalue weighted by Crippen LogP contribution is -2.35. The van der Waals surface area contributed by atoms with Crippen molar-refractivity contribution < 1.29 is 30.0 Å². The lowest BCUT2D eigenvalue weighted by Gasteiger charge is -2.28. The lowest BCUT2D eigenvalue weighted by atomic mass is 9.79. The van der Waals surface area contributed by atoms with Crippen LogP contribution in [-0.4, -0.2) is 50.6 Å². The quantitative estimate of drug-likeness (QED) is 0.534. The van der Waals surface area contributed by atoms with Gasteiger partial charge in [-0.3, -0.25) is 9.59 Å². The van der Waals surface area contributed by atoms with Crippen molar-refractivity contribution in [2.75, 3.05) is 26.4 Å². The van der Waals surface area contributed by atoms with Crippen LogP contribution in [0.3, 0.4) is 0 Å². The summed E-state index contributed by atoms with van der Waals surface area (Å²) in [4.78, 5) is 24.2. The summed E-state index contributed by atoms with van der Waals surface area (Å²) in [7, 11) is 0. The van der Waals surface area contributed by atoms with Crippen molar-refractivity contribution in [1.29, 1.82) is 0 Å². The molecule has 3 fully saturated rings. The molecule has 6 nitrogen and oxygen atoms in total. The number of carbonyl (C=O) groups excluding carboxylic acids is 2. The highest BCUT2D eigenvalue weighted by Gasteiger charge is 2.39. The van der Waals surface area contributed by atoms with E-state index < -0.39 is 0 Å². The monoisotopic (exact) mass is 286 g/mol. The van der Waals surface area contributed by atoms with Gasteiger partial charge < -0.3 is 18.9 Å². The van der Waals surface area contributed by atoms with Gasteiger partial charge in [0, 0.05) is 1.43 Å². The Hall–Kier alpha value is -1.14. The maximum atomic E-state index is 12.1. The van der Waals surface area contributed by atoms with E-state index >= 15 is 0 Å². The Kier molecular flexibility index (Phi) is 4.21. The molecule has 6 heteroatoms. The molecule has 0 N–H and O–H groups in total. The molecule has 0 aromatic rings. The van der Waals surface area contributed by atoms with E-state index in [0.29, 0.717) is 39.3 Å². The normalized spacial score (nSPS) is 35.2. The first-order valence-electron chi connectivity index (χ1n) is 7.30. The van der Waals surface area contributed by atoms with Crippen LogP contribution in [0.1, 0.15) is 27.1 Å². The van der Waals surface area contributed by atoms with Crippen LogP contribution in [0.25, 0.3) is 0 Å². The lowest BCUT2D eigenvalue weighted by molar-refractivity contribution is -0.163. The molecule has 1 saturated carbocycles. The highest BCUT2D eigenvalue weighted by molar-refractivity contribution is 5.82. The Bertz CT molecular complexity index is 344. The molecule has 0 aromatic carbocycles. The predicted molar refractivity (Wildman–Crippen MR) is 69.0 cm³/mol. The maximum absolute atomic E-state index is 12.1. The van der Waals surface area contributed by atoms with Crippen molar-refractivity contribution in [3.8, 4) is 0 Å². The third-order valence-corrected chi connectivity index (χ3v) is 4.00. The van der Waals surface area contributed by atoms with Crippen LogP contribution < -0.4 is 0 Å². The molecule has 4 unspecified atom stereocenters. The second-order valence-corrected chi connectivity index (χ2v) is 5.67. The van der Waals surface area contributed by atoms with Crippen LogP contribution in [0.4, 0.5) is 0 Å². The summed E-state index contributed by atoms with van der Waals surface area (Å²) in [6.45, 7) is 1.91. The first-order chi connectivity index (χ1) is 9.74. The average molecular weight is 286 g/mol. The molecule has 0 radical (unpaired) electrons. The molecular formula is C14H22O6. The van der Waals surface area contributed by atoms with Gasteiger partial charge in [0.05, 0.1) is 25.0 Å².